The van der Waals surface area contributed by atoms with E-state index in [0.717, 1.165) is 25.2 Å². The fraction of sp³-hybridized carbons (Fsp3) is 0.609. The number of allylic oxidation sites excluding steroid dienone is 1. The van der Waals surface area contributed by atoms with E-state index in [0.29, 0.717) is 24.2 Å². The molecular formula is C23H31NO4. The molecule has 0 aromatic heterocycles. The van der Waals surface area contributed by atoms with E-state index >= 15 is 0 Å². The number of likely N-dealkylation sites (tertiary alicyclic amines) is 1. The number of carbonyl (C=O) groups excluding carboxylic acids is 1. The molecule has 2 fully saturated rings. The maximum absolute atomic E-state index is 13.3. The summed E-state index contributed by atoms with van der Waals surface area (Å²) in [7, 11) is 1.62. The molecule has 1 aliphatic carbocycles. The molecule has 0 amide bonds. The van der Waals surface area contributed by atoms with Crippen LogP contribution in [-0.2, 0) is 9.53 Å². The largest absolute Gasteiger partial charge is 0.496 e. The molecule has 1 saturated heterocycles. The monoisotopic (exact) mass is 385 g/mol. The number of hydrogen-bond acceptors (Lipinski definition) is 5. The SMILES string of the molecule is COc1ccccc1C1=COC2C(CCC(O)C2CN2CCCCCC2)C1=O. The van der Waals surface area contributed by atoms with Crippen LogP contribution < -0.4 is 4.74 Å². The van der Waals surface area contributed by atoms with Crippen molar-refractivity contribution in [1.29, 1.82) is 0 Å². The summed E-state index contributed by atoms with van der Waals surface area (Å²) in [5.74, 6) is 0.594. The molecule has 1 saturated carbocycles. The van der Waals surface area contributed by atoms with Crippen LogP contribution in [0.15, 0.2) is 30.5 Å². The Morgan fingerprint density at radius 3 is 2.64 bits per heavy atom. The number of fused-ring (bicyclic) bond motifs is 1. The van der Waals surface area contributed by atoms with Crippen LogP contribution in [-0.4, -0.2) is 54.7 Å². The lowest BCUT2D eigenvalue weighted by molar-refractivity contribution is -0.133. The molecular weight excluding hydrogens is 354 g/mol. The maximum Gasteiger partial charge on any atom is 0.173 e. The third-order valence-electron chi connectivity index (χ3n) is 6.60. The lowest BCUT2D eigenvalue weighted by Gasteiger charge is -2.43. The Labute approximate surface area is 167 Å². The molecule has 2 aliphatic heterocycles. The second-order valence-electron chi connectivity index (χ2n) is 8.33. The number of rotatable bonds is 4. The van der Waals surface area contributed by atoms with E-state index in [-0.39, 0.29) is 23.7 Å². The molecule has 4 rings (SSSR count). The van der Waals surface area contributed by atoms with Crippen LogP contribution >= 0.6 is 0 Å². The Kier molecular flexibility index (Phi) is 6.02. The average molecular weight is 386 g/mol. The summed E-state index contributed by atoms with van der Waals surface area (Å²) in [6.07, 6.45) is 7.31. The number of nitrogens with zero attached hydrogens (tertiary/aromatic N) is 1. The van der Waals surface area contributed by atoms with Crippen LogP contribution in [0.1, 0.15) is 44.1 Å². The summed E-state index contributed by atoms with van der Waals surface area (Å²) in [5, 5.41) is 10.7. The second kappa shape index (κ2) is 8.66. The molecule has 5 nitrogen and oxygen atoms in total. The van der Waals surface area contributed by atoms with Gasteiger partial charge in [0, 0.05) is 18.0 Å². The first-order valence-electron chi connectivity index (χ1n) is 10.6. The number of hydrogen-bond donors (Lipinski definition) is 1. The number of benzene rings is 1. The van der Waals surface area contributed by atoms with Crippen molar-refractivity contribution in [2.45, 2.75) is 50.7 Å². The van der Waals surface area contributed by atoms with Crippen molar-refractivity contribution in [1.82, 2.24) is 4.90 Å². The normalized spacial score (nSPS) is 31.4. The van der Waals surface area contributed by atoms with E-state index < -0.39 is 6.10 Å². The highest BCUT2D eigenvalue weighted by atomic mass is 16.5. The zero-order valence-corrected chi connectivity index (χ0v) is 16.7. The first-order valence-corrected chi connectivity index (χ1v) is 10.6. The van der Waals surface area contributed by atoms with Crippen LogP contribution in [0.4, 0.5) is 0 Å². The summed E-state index contributed by atoms with van der Waals surface area (Å²) in [6.45, 7) is 2.97. The quantitative estimate of drug-likeness (QED) is 0.862. The molecule has 0 radical (unpaired) electrons. The van der Waals surface area contributed by atoms with Crippen LogP contribution in [0.25, 0.3) is 5.57 Å². The lowest BCUT2D eigenvalue weighted by atomic mass is 9.72. The van der Waals surface area contributed by atoms with E-state index in [2.05, 4.69) is 4.90 Å². The van der Waals surface area contributed by atoms with Crippen molar-refractivity contribution >= 4 is 11.4 Å². The van der Waals surface area contributed by atoms with Crippen molar-refractivity contribution in [3.8, 4) is 5.75 Å². The lowest BCUT2D eigenvalue weighted by Crippen LogP contribution is -2.52. The fourth-order valence-corrected chi connectivity index (χ4v) is 5.03. The summed E-state index contributed by atoms with van der Waals surface area (Å²) in [6, 6.07) is 7.57. The predicted octanol–water partition coefficient (Wildman–Crippen LogP) is 3.27. The van der Waals surface area contributed by atoms with E-state index in [9.17, 15) is 9.90 Å². The molecule has 0 spiro atoms. The number of methoxy groups -OCH3 is 1. The van der Waals surface area contributed by atoms with Crippen molar-refractivity contribution in [3.05, 3.63) is 36.1 Å². The number of ether oxygens (including phenoxy) is 2. The van der Waals surface area contributed by atoms with Gasteiger partial charge in [-0.15, -0.1) is 0 Å². The minimum Gasteiger partial charge on any atom is -0.496 e. The van der Waals surface area contributed by atoms with Gasteiger partial charge in [0.2, 0.25) is 0 Å². The Hall–Kier alpha value is -1.85. The van der Waals surface area contributed by atoms with Gasteiger partial charge in [-0.05, 0) is 44.8 Å². The van der Waals surface area contributed by atoms with Gasteiger partial charge >= 0.3 is 0 Å². The molecule has 4 atom stereocenters. The Bertz CT molecular complexity index is 723. The number of ketones is 1. The van der Waals surface area contributed by atoms with Gasteiger partial charge in [0.15, 0.2) is 5.78 Å². The van der Waals surface area contributed by atoms with Gasteiger partial charge in [-0.3, -0.25) is 4.79 Å². The molecule has 152 valence electrons. The molecule has 5 heteroatoms. The van der Waals surface area contributed by atoms with Crippen LogP contribution in [0, 0.1) is 11.8 Å². The van der Waals surface area contributed by atoms with Gasteiger partial charge < -0.3 is 19.5 Å². The van der Waals surface area contributed by atoms with Crippen molar-refractivity contribution < 1.29 is 19.4 Å². The van der Waals surface area contributed by atoms with Crippen LogP contribution in [0.2, 0.25) is 0 Å². The smallest absolute Gasteiger partial charge is 0.173 e. The Morgan fingerprint density at radius 2 is 1.89 bits per heavy atom. The fourth-order valence-electron chi connectivity index (χ4n) is 5.03. The number of para-hydroxylation sites is 1. The maximum atomic E-state index is 13.3. The Morgan fingerprint density at radius 1 is 1.14 bits per heavy atom. The highest BCUT2D eigenvalue weighted by Gasteiger charge is 2.46. The molecule has 1 N–H and O–H groups in total. The Balaban J connectivity index is 1.56. The number of carbonyl (C=O) groups is 1. The third-order valence-corrected chi connectivity index (χ3v) is 6.60. The van der Waals surface area contributed by atoms with Gasteiger partial charge in [-0.2, -0.15) is 0 Å². The number of aliphatic hydroxyl groups excluding tert-OH is 1. The van der Waals surface area contributed by atoms with Gasteiger partial charge in [-0.1, -0.05) is 31.0 Å². The van der Waals surface area contributed by atoms with Crippen molar-refractivity contribution in [2.24, 2.45) is 11.8 Å². The zero-order chi connectivity index (χ0) is 19.5. The minimum atomic E-state index is -0.404. The number of aliphatic hydroxyl groups is 1. The summed E-state index contributed by atoms with van der Waals surface area (Å²) in [5.41, 5.74) is 1.37. The molecule has 1 aromatic rings. The first-order chi connectivity index (χ1) is 13.7. The van der Waals surface area contributed by atoms with Gasteiger partial charge in [0.05, 0.1) is 31.0 Å². The molecule has 2 heterocycles. The van der Waals surface area contributed by atoms with Gasteiger partial charge in [0.25, 0.3) is 0 Å². The second-order valence-corrected chi connectivity index (χ2v) is 8.33. The van der Waals surface area contributed by atoms with Crippen molar-refractivity contribution in [3.63, 3.8) is 0 Å². The summed E-state index contributed by atoms with van der Waals surface area (Å²) < 4.78 is 11.6. The molecule has 1 aromatic carbocycles. The average Bonchev–Trinajstić information content (AvgIpc) is 2.99. The molecule has 28 heavy (non-hydrogen) atoms. The van der Waals surface area contributed by atoms with Crippen molar-refractivity contribution in [2.75, 3.05) is 26.7 Å². The van der Waals surface area contributed by atoms with E-state index in [1.807, 2.05) is 24.3 Å². The summed E-state index contributed by atoms with van der Waals surface area (Å²) in [4.78, 5) is 15.8. The highest BCUT2D eigenvalue weighted by molar-refractivity contribution is 6.22. The van der Waals surface area contributed by atoms with Gasteiger partial charge in [-0.25, -0.2) is 0 Å². The standard InChI is InChI=1S/C23H31NO4/c1-27-21-9-5-4-8-16(21)19-15-28-23-17(22(19)26)10-11-20(25)18(23)14-24-12-6-2-3-7-13-24/h4-5,8-9,15,17-18,20,23,25H,2-3,6-7,10-14H2,1H3. The third kappa shape index (κ3) is 3.83. The van der Waals surface area contributed by atoms with Crippen LogP contribution in [0.5, 0.6) is 5.75 Å². The van der Waals surface area contributed by atoms with E-state index in [1.165, 1.54) is 25.7 Å². The summed E-state index contributed by atoms with van der Waals surface area (Å²) >= 11 is 0. The molecule has 4 unspecified atom stereocenters. The number of Topliss-reactive ketones (excluding diaryl/α,β-unsaturated/α-hetero) is 1. The molecule has 0 bridgehead atoms. The first kappa shape index (κ1) is 19.5. The topological polar surface area (TPSA) is 59.0 Å². The highest BCUT2D eigenvalue weighted by Crippen LogP contribution is 2.41. The molecule has 3 aliphatic rings. The van der Waals surface area contributed by atoms with E-state index in [4.69, 9.17) is 9.47 Å². The van der Waals surface area contributed by atoms with Crippen LogP contribution in [0.3, 0.4) is 0 Å². The predicted molar refractivity (Wildman–Crippen MR) is 108 cm³/mol. The van der Waals surface area contributed by atoms with Gasteiger partial charge in [0.1, 0.15) is 11.9 Å². The van der Waals surface area contributed by atoms with E-state index in [1.54, 1.807) is 13.4 Å². The minimum absolute atomic E-state index is 0.0173. The zero-order valence-electron chi connectivity index (χ0n) is 16.7.